The van der Waals surface area contributed by atoms with Crippen LogP contribution in [0.25, 0.3) is 33.8 Å². The van der Waals surface area contributed by atoms with Gasteiger partial charge in [-0.2, -0.15) is 5.10 Å². The molecule has 1 saturated carbocycles. The zero-order valence-electron chi connectivity index (χ0n) is 18.4. The molecule has 7 heteroatoms. The van der Waals surface area contributed by atoms with Crippen LogP contribution in [-0.2, 0) is 18.9 Å². The lowest BCUT2D eigenvalue weighted by Gasteiger charge is -2.34. The lowest BCUT2D eigenvalue weighted by molar-refractivity contribution is 0.291. The standard InChI is InChI=1S/C25H26ClN5O/c1-31-22(20-17(30-31)10-13-25(20)11-6-3-7-12-25)23-27-19-14-18(15-8-4-5-9-16(15)26)28-24(32-2)21(19)29-23/h4-5,8-9,14H,3,6-7,10-13H2,1-2H3,(H,27,29). The number of hydrogen-bond donors (Lipinski definition) is 1. The SMILES string of the molecule is COc1nc(-c2ccccc2Cl)cc2[nH]c(-c3c4c(nn3C)CCC43CCCCC3)nc12. The molecule has 0 bridgehead atoms. The molecule has 0 radical (unpaired) electrons. The molecule has 2 aliphatic rings. The summed E-state index contributed by atoms with van der Waals surface area (Å²) in [6.07, 6.45) is 8.71. The van der Waals surface area contributed by atoms with E-state index in [9.17, 15) is 0 Å². The molecule has 1 aromatic carbocycles. The van der Waals surface area contributed by atoms with Gasteiger partial charge in [0.2, 0.25) is 5.88 Å². The second-order valence-corrected chi connectivity index (χ2v) is 9.52. The smallest absolute Gasteiger partial charge is 0.242 e. The van der Waals surface area contributed by atoms with Gasteiger partial charge in [0.05, 0.1) is 24.0 Å². The molecular weight excluding hydrogens is 422 g/mol. The first-order valence-electron chi connectivity index (χ1n) is 11.4. The maximum absolute atomic E-state index is 6.44. The molecule has 32 heavy (non-hydrogen) atoms. The molecule has 3 aromatic heterocycles. The van der Waals surface area contributed by atoms with Gasteiger partial charge in [0.1, 0.15) is 5.69 Å². The Bertz CT molecular complexity index is 1330. The number of ether oxygens (including phenoxy) is 1. The van der Waals surface area contributed by atoms with Crippen LogP contribution in [0.1, 0.15) is 49.8 Å². The Morgan fingerprint density at radius 2 is 1.91 bits per heavy atom. The molecule has 0 atom stereocenters. The van der Waals surface area contributed by atoms with Crippen molar-refractivity contribution in [3.05, 3.63) is 46.6 Å². The van der Waals surface area contributed by atoms with Crippen molar-refractivity contribution in [3.63, 3.8) is 0 Å². The average Bonchev–Trinajstić information content (AvgIpc) is 3.47. The van der Waals surface area contributed by atoms with Gasteiger partial charge < -0.3 is 9.72 Å². The van der Waals surface area contributed by atoms with Gasteiger partial charge in [-0.15, -0.1) is 0 Å². The Labute approximate surface area is 192 Å². The summed E-state index contributed by atoms with van der Waals surface area (Å²) >= 11 is 6.44. The quantitative estimate of drug-likeness (QED) is 0.428. The summed E-state index contributed by atoms with van der Waals surface area (Å²) in [4.78, 5) is 13.2. The summed E-state index contributed by atoms with van der Waals surface area (Å²) in [6.45, 7) is 0. The summed E-state index contributed by atoms with van der Waals surface area (Å²) in [7, 11) is 3.66. The average molecular weight is 448 g/mol. The van der Waals surface area contributed by atoms with Gasteiger partial charge >= 0.3 is 0 Å². The van der Waals surface area contributed by atoms with E-state index in [1.54, 1.807) is 7.11 Å². The number of H-pyrrole nitrogens is 1. The molecule has 1 N–H and O–H groups in total. The fourth-order valence-corrected chi connectivity index (χ4v) is 6.07. The highest BCUT2D eigenvalue weighted by atomic mass is 35.5. The number of benzene rings is 1. The van der Waals surface area contributed by atoms with Gasteiger partial charge in [0.15, 0.2) is 11.3 Å². The van der Waals surface area contributed by atoms with Crippen LogP contribution in [-0.4, -0.2) is 31.8 Å². The molecule has 0 saturated heterocycles. The van der Waals surface area contributed by atoms with Crippen molar-refractivity contribution in [2.45, 2.75) is 50.4 Å². The van der Waals surface area contributed by atoms with Crippen molar-refractivity contribution in [1.82, 2.24) is 24.7 Å². The van der Waals surface area contributed by atoms with E-state index in [0.29, 0.717) is 10.9 Å². The van der Waals surface area contributed by atoms with E-state index < -0.39 is 0 Å². The van der Waals surface area contributed by atoms with Crippen LogP contribution in [0.3, 0.4) is 0 Å². The first-order chi connectivity index (χ1) is 15.6. The molecule has 1 fully saturated rings. The molecule has 0 amide bonds. The second kappa shape index (κ2) is 7.34. The molecule has 2 aliphatic carbocycles. The first-order valence-corrected chi connectivity index (χ1v) is 11.7. The molecule has 0 unspecified atom stereocenters. The van der Waals surface area contributed by atoms with Crippen LogP contribution >= 0.6 is 11.6 Å². The van der Waals surface area contributed by atoms with Gasteiger partial charge in [-0.05, 0) is 43.2 Å². The Hall–Kier alpha value is -2.86. The number of fused-ring (bicyclic) bond motifs is 3. The summed E-state index contributed by atoms with van der Waals surface area (Å²) in [5.74, 6) is 1.32. The highest BCUT2D eigenvalue weighted by Crippen LogP contribution is 2.51. The summed E-state index contributed by atoms with van der Waals surface area (Å²) in [5, 5.41) is 5.56. The fraction of sp³-hybridized carbons (Fsp3) is 0.400. The van der Waals surface area contributed by atoms with E-state index in [4.69, 9.17) is 31.4 Å². The number of nitrogens with one attached hydrogen (secondary N) is 1. The third-order valence-electron chi connectivity index (χ3n) is 7.31. The lowest BCUT2D eigenvalue weighted by Crippen LogP contribution is -2.26. The minimum atomic E-state index is 0.251. The third kappa shape index (κ3) is 2.89. The lowest BCUT2D eigenvalue weighted by atomic mass is 9.70. The van der Waals surface area contributed by atoms with Crippen LogP contribution in [0.5, 0.6) is 5.88 Å². The molecule has 6 nitrogen and oxygen atoms in total. The highest BCUT2D eigenvalue weighted by Gasteiger charge is 2.44. The van der Waals surface area contributed by atoms with Gasteiger partial charge in [-0.3, -0.25) is 4.68 Å². The number of imidazole rings is 1. The van der Waals surface area contributed by atoms with Crippen LogP contribution in [0.2, 0.25) is 5.02 Å². The van der Waals surface area contributed by atoms with Crippen LogP contribution in [0, 0.1) is 0 Å². The number of halogens is 1. The Balaban J connectivity index is 1.53. The van der Waals surface area contributed by atoms with Crippen molar-refractivity contribution in [1.29, 1.82) is 0 Å². The van der Waals surface area contributed by atoms with Crippen LogP contribution in [0.4, 0.5) is 0 Å². The number of hydrogen-bond acceptors (Lipinski definition) is 4. The molecule has 3 heterocycles. The van der Waals surface area contributed by atoms with Crippen molar-refractivity contribution in [2.24, 2.45) is 7.05 Å². The second-order valence-electron chi connectivity index (χ2n) is 9.11. The van der Waals surface area contributed by atoms with E-state index in [2.05, 4.69) is 4.98 Å². The summed E-state index contributed by atoms with van der Waals surface area (Å²) in [5.41, 5.74) is 7.25. The zero-order chi connectivity index (χ0) is 21.9. The van der Waals surface area contributed by atoms with Crippen molar-refractivity contribution in [2.75, 3.05) is 7.11 Å². The number of methoxy groups -OCH3 is 1. The van der Waals surface area contributed by atoms with E-state index in [1.165, 1.54) is 49.8 Å². The minimum absolute atomic E-state index is 0.251. The maximum Gasteiger partial charge on any atom is 0.242 e. The number of nitrogens with zero attached hydrogens (tertiary/aromatic N) is 4. The van der Waals surface area contributed by atoms with Crippen LogP contribution in [0.15, 0.2) is 30.3 Å². The van der Waals surface area contributed by atoms with E-state index in [-0.39, 0.29) is 5.41 Å². The van der Waals surface area contributed by atoms with Gasteiger partial charge in [-0.25, -0.2) is 9.97 Å². The van der Waals surface area contributed by atoms with E-state index in [0.717, 1.165) is 40.2 Å². The molecule has 164 valence electrons. The minimum Gasteiger partial charge on any atom is -0.479 e. The van der Waals surface area contributed by atoms with Crippen molar-refractivity contribution < 1.29 is 4.74 Å². The Kier molecular flexibility index (Phi) is 4.54. The normalized spacial score (nSPS) is 17.2. The predicted octanol–water partition coefficient (Wildman–Crippen LogP) is 5.84. The molecule has 4 aromatic rings. The van der Waals surface area contributed by atoms with E-state index >= 15 is 0 Å². The molecule has 0 aliphatic heterocycles. The summed E-state index contributed by atoms with van der Waals surface area (Å²) in [6, 6.07) is 9.72. The van der Waals surface area contributed by atoms with Crippen molar-refractivity contribution >= 4 is 22.6 Å². The zero-order valence-corrected chi connectivity index (χ0v) is 19.2. The van der Waals surface area contributed by atoms with Crippen LogP contribution < -0.4 is 4.74 Å². The number of rotatable bonds is 3. The number of pyridine rings is 1. The maximum atomic E-state index is 6.44. The predicted molar refractivity (Wildman–Crippen MR) is 126 cm³/mol. The summed E-state index contributed by atoms with van der Waals surface area (Å²) < 4.78 is 7.64. The molecular formula is C25H26ClN5O. The number of aromatic amines is 1. The molecule has 1 spiro atoms. The number of aromatic nitrogens is 5. The monoisotopic (exact) mass is 447 g/mol. The first kappa shape index (κ1) is 19.8. The Morgan fingerprint density at radius 3 is 2.69 bits per heavy atom. The highest BCUT2D eigenvalue weighted by molar-refractivity contribution is 6.33. The largest absolute Gasteiger partial charge is 0.479 e. The van der Waals surface area contributed by atoms with E-state index in [1.807, 2.05) is 42.1 Å². The van der Waals surface area contributed by atoms with Gasteiger partial charge in [0, 0.05) is 23.2 Å². The topological polar surface area (TPSA) is 68.6 Å². The molecule has 6 rings (SSSR count). The van der Waals surface area contributed by atoms with Gasteiger partial charge in [0.25, 0.3) is 0 Å². The third-order valence-corrected chi connectivity index (χ3v) is 7.64. The van der Waals surface area contributed by atoms with Gasteiger partial charge in [-0.1, -0.05) is 49.1 Å². The fourth-order valence-electron chi connectivity index (χ4n) is 5.84. The van der Waals surface area contributed by atoms with Crippen molar-refractivity contribution in [3.8, 4) is 28.7 Å². The Morgan fingerprint density at radius 1 is 1.09 bits per heavy atom. The number of aryl methyl sites for hydroxylation is 2.